The quantitative estimate of drug-likeness (QED) is 0.418. The van der Waals surface area contributed by atoms with Crippen LogP contribution in [-0.4, -0.2) is 11.9 Å². The number of amides is 1. The first-order valence-corrected chi connectivity index (χ1v) is 8.35. The summed E-state index contributed by atoms with van der Waals surface area (Å²) >= 11 is 5.87. The molecular formula is C21H16ClNO3. The van der Waals surface area contributed by atoms with E-state index in [1.807, 2.05) is 30.3 Å². The summed E-state index contributed by atoms with van der Waals surface area (Å²) in [6.07, 6.45) is 1.54. The van der Waals surface area contributed by atoms with Gasteiger partial charge < -0.3 is 10.1 Å². The smallest absolute Gasteiger partial charge is 0.360 e. The maximum absolute atomic E-state index is 12.5. The van der Waals surface area contributed by atoms with Crippen LogP contribution in [0, 0.1) is 0 Å². The number of hydrogen-bond donors (Lipinski definition) is 1. The Hall–Kier alpha value is -3.11. The first-order chi connectivity index (χ1) is 12.5. The van der Waals surface area contributed by atoms with E-state index in [0.29, 0.717) is 16.3 Å². The molecule has 5 heteroatoms. The monoisotopic (exact) mass is 365 g/mol. The second-order valence-electron chi connectivity index (χ2n) is 5.69. The Morgan fingerprint density at radius 1 is 0.962 bits per heavy atom. The Labute approximate surface area is 156 Å². The van der Waals surface area contributed by atoms with E-state index >= 15 is 0 Å². The van der Waals surface area contributed by atoms with E-state index in [0.717, 1.165) is 10.8 Å². The Bertz CT molecular complexity index is 994. The molecule has 0 unspecified atom stereocenters. The molecule has 3 aromatic rings. The number of nitrogens with one attached hydrogen (secondary N) is 1. The molecule has 1 amide bonds. The summed E-state index contributed by atoms with van der Waals surface area (Å²) in [5.41, 5.74) is 0.765. The molecule has 0 bridgehead atoms. The lowest BCUT2D eigenvalue weighted by Gasteiger charge is -2.09. The van der Waals surface area contributed by atoms with E-state index in [2.05, 4.69) is 5.32 Å². The van der Waals surface area contributed by atoms with Crippen molar-refractivity contribution in [3.63, 3.8) is 0 Å². The van der Waals surface area contributed by atoms with Gasteiger partial charge in [-0.05, 0) is 46.7 Å². The summed E-state index contributed by atoms with van der Waals surface area (Å²) in [7, 11) is 0. The zero-order valence-electron chi connectivity index (χ0n) is 14.0. The first-order valence-electron chi connectivity index (χ1n) is 7.97. The zero-order chi connectivity index (χ0) is 18.5. The SMILES string of the molecule is CC(=O)N/C(=C\c1ccc(Cl)cc1)C(=O)Oc1ccc2ccccc2c1. The molecule has 0 saturated heterocycles. The average molecular weight is 366 g/mol. The lowest BCUT2D eigenvalue weighted by molar-refractivity contribution is -0.132. The molecule has 0 atom stereocenters. The predicted octanol–water partition coefficient (Wildman–Crippen LogP) is 4.58. The largest absolute Gasteiger partial charge is 0.422 e. The highest BCUT2D eigenvalue weighted by Crippen LogP contribution is 2.21. The summed E-state index contributed by atoms with van der Waals surface area (Å²) in [5.74, 6) is -0.604. The van der Waals surface area contributed by atoms with Crippen LogP contribution in [0.15, 0.2) is 72.4 Å². The van der Waals surface area contributed by atoms with Crippen molar-refractivity contribution in [2.75, 3.05) is 0 Å². The minimum absolute atomic E-state index is 0.0491. The summed E-state index contributed by atoms with van der Waals surface area (Å²) in [6, 6.07) is 20.0. The normalized spacial score (nSPS) is 11.2. The van der Waals surface area contributed by atoms with Crippen molar-refractivity contribution >= 4 is 40.3 Å². The molecule has 26 heavy (non-hydrogen) atoms. The number of fused-ring (bicyclic) bond motifs is 1. The van der Waals surface area contributed by atoms with Gasteiger partial charge in [-0.1, -0.05) is 54.1 Å². The van der Waals surface area contributed by atoms with Gasteiger partial charge in [0.25, 0.3) is 0 Å². The van der Waals surface area contributed by atoms with Gasteiger partial charge in [0.2, 0.25) is 5.91 Å². The zero-order valence-corrected chi connectivity index (χ0v) is 14.8. The second kappa shape index (κ2) is 7.85. The van der Waals surface area contributed by atoms with Gasteiger partial charge in [0, 0.05) is 11.9 Å². The molecule has 0 aliphatic rings. The summed E-state index contributed by atoms with van der Waals surface area (Å²) in [4.78, 5) is 24.0. The molecule has 0 aromatic heterocycles. The minimum Gasteiger partial charge on any atom is -0.422 e. The molecule has 1 N–H and O–H groups in total. The Kier molecular flexibility index (Phi) is 5.34. The highest BCUT2D eigenvalue weighted by Gasteiger charge is 2.14. The second-order valence-corrected chi connectivity index (χ2v) is 6.13. The molecule has 0 fully saturated rings. The molecular weight excluding hydrogens is 350 g/mol. The third-order valence-electron chi connectivity index (χ3n) is 3.64. The number of esters is 1. The predicted molar refractivity (Wildman–Crippen MR) is 103 cm³/mol. The Balaban J connectivity index is 1.86. The van der Waals surface area contributed by atoms with Crippen molar-refractivity contribution in [3.05, 3.63) is 83.0 Å². The topological polar surface area (TPSA) is 55.4 Å². The summed E-state index contributed by atoms with van der Waals surface area (Å²) in [6.45, 7) is 1.33. The summed E-state index contributed by atoms with van der Waals surface area (Å²) in [5, 5.41) is 5.11. The van der Waals surface area contributed by atoms with Gasteiger partial charge in [-0.15, -0.1) is 0 Å². The fourth-order valence-electron chi connectivity index (χ4n) is 2.45. The van der Waals surface area contributed by atoms with Gasteiger partial charge in [-0.3, -0.25) is 4.79 Å². The van der Waals surface area contributed by atoms with Crippen molar-refractivity contribution in [2.45, 2.75) is 6.92 Å². The van der Waals surface area contributed by atoms with E-state index in [9.17, 15) is 9.59 Å². The number of carbonyl (C=O) groups excluding carboxylic acids is 2. The highest BCUT2D eigenvalue weighted by molar-refractivity contribution is 6.30. The van der Waals surface area contributed by atoms with Crippen LogP contribution in [0.3, 0.4) is 0 Å². The van der Waals surface area contributed by atoms with Gasteiger partial charge in [-0.25, -0.2) is 4.79 Å². The van der Waals surface area contributed by atoms with Crippen LogP contribution >= 0.6 is 11.6 Å². The van der Waals surface area contributed by atoms with Gasteiger partial charge >= 0.3 is 5.97 Å². The van der Waals surface area contributed by atoms with E-state index in [1.165, 1.54) is 6.92 Å². The van der Waals surface area contributed by atoms with Crippen molar-refractivity contribution in [3.8, 4) is 5.75 Å². The van der Waals surface area contributed by atoms with Crippen LogP contribution in [0.5, 0.6) is 5.75 Å². The van der Waals surface area contributed by atoms with Gasteiger partial charge in [0.15, 0.2) is 0 Å². The van der Waals surface area contributed by atoms with Crippen molar-refractivity contribution < 1.29 is 14.3 Å². The Morgan fingerprint density at radius 2 is 1.65 bits per heavy atom. The molecule has 0 heterocycles. The van der Waals surface area contributed by atoms with Crippen LogP contribution in [0.4, 0.5) is 0 Å². The van der Waals surface area contributed by atoms with Gasteiger partial charge in [0.1, 0.15) is 11.4 Å². The van der Waals surface area contributed by atoms with Crippen molar-refractivity contribution in [1.82, 2.24) is 5.32 Å². The fourth-order valence-corrected chi connectivity index (χ4v) is 2.58. The van der Waals surface area contributed by atoms with E-state index in [4.69, 9.17) is 16.3 Å². The average Bonchev–Trinajstić information content (AvgIpc) is 2.62. The highest BCUT2D eigenvalue weighted by atomic mass is 35.5. The maximum atomic E-state index is 12.5. The molecule has 0 aliphatic heterocycles. The standard InChI is InChI=1S/C21H16ClNO3/c1-14(24)23-20(12-15-6-9-18(22)10-7-15)21(25)26-19-11-8-16-4-2-3-5-17(16)13-19/h2-13H,1H3,(H,23,24)/b20-12-. The van der Waals surface area contributed by atoms with E-state index < -0.39 is 5.97 Å². The van der Waals surface area contributed by atoms with Crippen LogP contribution in [0.1, 0.15) is 12.5 Å². The minimum atomic E-state index is -0.648. The van der Waals surface area contributed by atoms with Crippen LogP contribution in [0.2, 0.25) is 5.02 Å². The number of rotatable bonds is 4. The molecule has 0 aliphatic carbocycles. The van der Waals surface area contributed by atoms with Gasteiger partial charge in [0.05, 0.1) is 0 Å². The number of ether oxygens (including phenoxy) is 1. The van der Waals surface area contributed by atoms with Crippen molar-refractivity contribution in [1.29, 1.82) is 0 Å². The number of benzene rings is 3. The number of carbonyl (C=O) groups is 2. The maximum Gasteiger partial charge on any atom is 0.360 e. The molecule has 130 valence electrons. The Morgan fingerprint density at radius 3 is 2.35 bits per heavy atom. The third-order valence-corrected chi connectivity index (χ3v) is 3.90. The molecule has 0 saturated carbocycles. The molecule has 3 aromatic carbocycles. The molecule has 4 nitrogen and oxygen atoms in total. The molecule has 0 radical (unpaired) electrons. The first kappa shape index (κ1) is 17.7. The van der Waals surface area contributed by atoms with E-state index in [-0.39, 0.29) is 11.6 Å². The number of halogens is 1. The molecule has 0 spiro atoms. The lowest BCUT2D eigenvalue weighted by atomic mass is 10.1. The van der Waals surface area contributed by atoms with Gasteiger partial charge in [-0.2, -0.15) is 0 Å². The summed E-state index contributed by atoms with van der Waals surface area (Å²) < 4.78 is 5.43. The lowest BCUT2D eigenvalue weighted by Crippen LogP contribution is -2.27. The number of hydrogen-bond acceptors (Lipinski definition) is 3. The van der Waals surface area contributed by atoms with Crippen LogP contribution in [0.25, 0.3) is 16.8 Å². The van der Waals surface area contributed by atoms with Crippen LogP contribution < -0.4 is 10.1 Å². The van der Waals surface area contributed by atoms with E-state index in [1.54, 1.807) is 42.5 Å². The van der Waals surface area contributed by atoms with Crippen molar-refractivity contribution in [2.24, 2.45) is 0 Å². The molecule has 3 rings (SSSR count). The van der Waals surface area contributed by atoms with Crippen LogP contribution in [-0.2, 0) is 9.59 Å². The fraction of sp³-hybridized carbons (Fsp3) is 0.0476. The third kappa shape index (κ3) is 4.49.